The lowest BCUT2D eigenvalue weighted by molar-refractivity contribution is -0.134. The highest BCUT2D eigenvalue weighted by atomic mass is 32.1. The van der Waals surface area contributed by atoms with Crippen LogP contribution >= 0.6 is 11.3 Å². The number of nitriles is 1. The number of amides is 1. The van der Waals surface area contributed by atoms with Crippen LogP contribution in [0.25, 0.3) is 6.08 Å². The minimum absolute atomic E-state index is 0.177. The molecule has 0 spiro atoms. The number of benzene rings is 1. The number of ether oxygens (including phenoxy) is 3. The van der Waals surface area contributed by atoms with Gasteiger partial charge in [0.15, 0.2) is 11.5 Å². The van der Waals surface area contributed by atoms with Crippen molar-refractivity contribution in [2.45, 2.75) is 27.2 Å². The molecule has 1 N–H and O–H groups in total. The fraction of sp³-hybridized carbons (Fsp3) is 0.273. The molecule has 0 saturated carbocycles. The van der Waals surface area contributed by atoms with Gasteiger partial charge in [-0.2, -0.15) is 5.26 Å². The predicted octanol–water partition coefficient (Wildman–Crippen LogP) is 4.18. The Morgan fingerprint density at radius 2 is 1.90 bits per heavy atom. The molecule has 0 aliphatic rings. The molecule has 0 aliphatic carbocycles. The fourth-order valence-corrected chi connectivity index (χ4v) is 3.19. The molecule has 1 heterocycles. The molecule has 1 amide bonds. The minimum Gasteiger partial charge on any atom is -0.490 e. The SMILES string of the molecule is CCOC(=O)c1ccsc1NC(=O)C(C#N)=Cc1ccc(OC(=O)CC)c(OCC)c1. The highest BCUT2D eigenvalue weighted by molar-refractivity contribution is 7.14. The summed E-state index contributed by atoms with van der Waals surface area (Å²) >= 11 is 1.15. The van der Waals surface area contributed by atoms with Crippen LogP contribution in [0.15, 0.2) is 35.2 Å². The van der Waals surface area contributed by atoms with Gasteiger partial charge in [-0.25, -0.2) is 4.79 Å². The summed E-state index contributed by atoms with van der Waals surface area (Å²) < 4.78 is 15.7. The van der Waals surface area contributed by atoms with Crippen LogP contribution in [0.5, 0.6) is 11.5 Å². The molecule has 0 bridgehead atoms. The second kappa shape index (κ2) is 11.5. The Bertz CT molecular complexity index is 1030. The normalized spacial score (nSPS) is 10.7. The third kappa shape index (κ3) is 6.42. The molecule has 0 atom stereocenters. The van der Waals surface area contributed by atoms with Gasteiger partial charge in [0.1, 0.15) is 16.6 Å². The third-order valence-corrected chi connectivity index (χ3v) is 4.67. The molecule has 31 heavy (non-hydrogen) atoms. The number of hydrogen-bond donors (Lipinski definition) is 1. The Morgan fingerprint density at radius 3 is 2.55 bits per heavy atom. The maximum atomic E-state index is 12.6. The second-order valence-electron chi connectivity index (χ2n) is 5.97. The standard InChI is InChI=1S/C22H22N2O6S/c1-4-19(25)30-17-8-7-14(12-18(17)28-5-2)11-15(13-23)20(26)24-21-16(9-10-31-21)22(27)29-6-3/h7-12H,4-6H2,1-3H3,(H,24,26). The lowest BCUT2D eigenvalue weighted by atomic mass is 10.1. The van der Waals surface area contributed by atoms with Crippen molar-refractivity contribution in [3.8, 4) is 17.6 Å². The zero-order chi connectivity index (χ0) is 22.8. The molecule has 0 fully saturated rings. The summed E-state index contributed by atoms with van der Waals surface area (Å²) in [6, 6.07) is 8.10. The van der Waals surface area contributed by atoms with Gasteiger partial charge in [0.05, 0.1) is 18.8 Å². The summed E-state index contributed by atoms with van der Waals surface area (Å²) in [5.74, 6) is -1.06. The van der Waals surface area contributed by atoms with Crippen molar-refractivity contribution in [3.63, 3.8) is 0 Å². The number of thiophene rings is 1. The second-order valence-corrected chi connectivity index (χ2v) is 6.89. The van der Waals surface area contributed by atoms with Crippen molar-refractivity contribution in [3.05, 3.63) is 46.3 Å². The van der Waals surface area contributed by atoms with Crippen molar-refractivity contribution in [1.29, 1.82) is 5.26 Å². The summed E-state index contributed by atoms with van der Waals surface area (Å²) in [5, 5.41) is 14.0. The van der Waals surface area contributed by atoms with E-state index < -0.39 is 17.8 Å². The van der Waals surface area contributed by atoms with Gasteiger partial charge in [-0.15, -0.1) is 11.3 Å². The smallest absolute Gasteiger partial charge is 0.341 e. The summed E-state index contributed by atoms with van der Waals surface area (Å²) in [6.07, 6.45) is 1.59. The molecule has 0 radical (unpaired) electrons. The topological polar surface area (TPSA) is 115 Å². The number of esters is 2. The van der Waals surface area contributed by atoms with E-state index in [9.17, 15) is 19.6 Å². The zero-order valence-corrected chi connectivity index (χ0v) is 18.2. The Labute approximate surface area is 184 Å². The van der Waals surface area contributed by atoms with Crippen molar-refractivity contribution >= 4 is 40.3 Å². The van der Waals surface area contributed by atoms with Gasteiger partial charge in [0.2, 0.25) is 0 Å². The van der Waals surface area contributed by atoms with Crippen LogP contribution in [0, 0.1) is 11.3 Å². The average molecular weight is 442 g/mol. The van der Waals surface area contributed by atoms with Gasteiger partial charge < -0.3 is 19.5 Å². The van der Waals surface area contributed by atoms with E-state index in [4.69, 9.17) is 14.2 Å². The summed E-state index contributed by atoms with van der Waals surface area (Å²) in [4.78, 5) is 36.2. The Morgan fingerprint density at radius 1 is 1.13 bits per heavy atom. The van der Waals surface area contributed by atoms with Crippen LogP contribution in [0.4, 0.5) is 5.00 Å². The molecule has 0 saturated heterocycles. The molecule has 1 aromatic heterocycles. The molecule has 8 nitrogen and oxygen atoms in total. The average Bonchev–Trinajstić information content (AvgIpc) is 3.22. The maximum Gasteiger partial charge on any atom is 0.341 e. The molecule has 0 unspecified atom stereocenters. The minimum atomic E-state index is -0.671. The molecule has 2 aromatic rings. The number of carbonyl (C=O) groups excluding carboxylic acids is 3. The van der Waals surface area contributed by atoms with Gasteiger partial charge >= 0.3 is 11.9 Å². The Hall–Kier alpha value is -3.64. The van der Waals surface area contributed by atoms with E-state index >= 15 is 0 Å². The van der Waals surface area contributed by atoms with E-state index in [1.165, 1.54) is 12.1 Å². The largest absolute Gasteiger partial charge is 0.490 e. The van der Waals surface area contributed by atoms with E-state index in [0.29, 0.717) is 22.9 Å². The molecule has 2 rings (SSSR count). The molecule has 0 aliphatic heterocycles. The van der Waals surface area contributed by atoms with Gasteiger partial charge in [0.25, 0.3) is 5.91 Å². The first kappa shape index (κ1) is 23.6. The molecule has 162 valence electrons. The van der Waals surface area contributed by atoms with Crippen LogP contribution in [-0.4, -0.2) is 31.1 Å². The highest BCUT2D eigenvalue weighted by Gasteiger charge is 2.18. The van der Waals surface area contributed by atoms with E-state index in [1.807, 2.05) is 6.07 Å². The summed E-state index contributed by atoms with van der Waals surface area (Å²) in [5.41, 5.74) is 0.547. The number of nitrogens with one attached hydrogen (secondary N) is 1. The van der Waals surface area contributed by atoms with Crippen molar-refractivity contribution in [1.82, 2.24) is 0 Å². The Balaban J connectivity index is 2.27. The van der Waals surface area contributed by atoms with Gasteiger partial charge in [-0.05, 0) is 49.1 Å². The summed E-state index contributed by atoms with van der Waals surface area (Å²) in [6.45, 7) is 5.69. The number of carbonyl (C=O) groups is 3. The molecule has 1 aromatic carbocycles. The monoisotopic (exact) mass is 442 g/mol. The van der Waals surface area contributed by atoms with Gasteiger partial charge in [0, 0.05) is 6.42 Å². The van der Waals surface area contributed by atoms with E-state index in [1.54, 1.807) is 44.4 Å². The number of anilines is 1. The highest BCUT2D eigenvalue weighted by Crippen LogP contribution is 2.30. The van der Waals surface area contributed by atoms with Crippen molar-refractivity contribution in [2.24, 2.45) is 0 Å². The van der Waals surface area contributed by atoms with Gasteiger partial charge in [-0.1, -0.05) is 13.0 Å². The predicted molar refractivity (Wildman–Crippen MR) is 116 cm³/mol. The molecular formula is C22H22N2O6S. The van der Waals surface area contributed by atoms with Gasteiger partial charge in [-0.3, -0.25) is 9.59 Å². The third-order valence-electron chi connectivity index (χ3n) is 3.84. The molecular weight excluding hydrogens is 420 g/mol. The van der Waals surface area contributed by atoms with Crippen LogP contribution in [0.3, 0.4) is 0 Å². The first-order chi connectivity index (χ1) is 14.9. The van der Waals surface area contributed by atoms with E-state index in [0.717, 1.165) is 11.3 Å². The van der Waals surface area contributed by atoms with E-state index in [-0.39, 0.29) is 29.9 Å². The molecule has 9 heteroatoms. The first-order valence-corrected chi connectivity index (χ1v) is 10.5. The van der Waals surface area contributed by atoms with Crippen molar-refractivity contribution in [2.75, 3.05) is 18.5 Å². The lowest BCUT2D eigenvalue weighted by Crippen LogP contribution is -2.15. The first-order valence-electron chi connectivity index (χ1n) is 9.58. The Kier molecular flexibility index (Phi) is 8.78. The maximum absolute atomic E-state index is 12.6. The quantitative estimate of drug-likeness (QED) is 0.268. The number of hydrogen-bond acceptors (Lipinski definition) is 8. The lowest BCUT2D eigenvalue weighted by Gasteiger charge is -2.11. The van der Waals surface area contributed by atoms with Crippen LogP contribution in [0.1, 0.15) is 43.1 Å². The van der Waals surface area contributed by atoms with Crippen LogP contribution < -0.4 is 14.8 Å². The fourth-order valence-electron chi connectivity index (χ4n) is 2.42. The number of nitrogens with zero attached hydrogens (tertiary/aromatic N) is 1. The van der Waals surface area contributed by atoms with Crippen molar-refractivity contribution < 1.29 is 28.6 Å². The van der Waals surface area contributed by atoms with Crippen LogP contribution in [-0.2, 0) is 14.3 Å². The van der Waals surface area contributed by atoms with Crippen LogP contribution in [0.2, 0.25) is 0 Å². The number of rotatable bonds is 9. The zero-order valence-electron chi connectivity index (χ0n) is 17.4. The summed E-state index contributed by atoms with van der Waals surface area (Å²) in [7, 11) is 0. The van der Waals surface area contributed by atoms with E-state index in [2.05, 4.69) is 5.32 Å².